The highest BCUT2D eigenvalue weighted by atomic mass is 79.9. The van der Waals surface area contributed by atoms with Crippen LogP contribution in [0, 0.1) is 5.92 Å². The second kappa shape index (κ2) is 11.5. The molecule has 1 aliphatic heterocycles. The normalized spacial score (nSPS) is 14.0. The summed E-state index contributed by atoms with van der Waals surface area (Å²) in [6.45, 7) is 2.50. The van der Waals surface area contributed by atoms with E-state index in [0.29, 0.717) is 27.5 Å². The fourth-order valence-corrected chi connectivity index (χ4v) is 4.77. The minimum Gasteiger partial charge on any atom is -0.390 e. The molecule has 0 radical (unpaired) electrons. The third-order valence-corrected chi connectivity index (χ3v) is 6.99. The SMILES string of the molecule is Cn1nc(NC(=O)c2ccccc2Cl)c(Br)c1OC(=O)NCCC1CCN(c2ccncc2)CC1. The summed E-state index contributed by atoms with van der Waals surface area (Å²) in [6, 6.07) is 10.8. The number of aryl methyl sites for hydroxylation is 1. The van der Waals surface area contributed by atoms with Crippen molar-refractivity contribution in [3.63, 3.8) is 0 Å². The number of benzene rings is 1. The number of amides is 2. The number of pyridine rings is 1. The maximum Gasteiger partial charge on any atom is 0.413 e. The van der Waals surface area contributed by atoms with Gasteiger partial charge in [-0.25, -0.2) is 9.48 Å². The van der Waals surface area contributed by atoms with Gasteiger partial charge in [0, 0.05) is 44.8 Å². The van der Waals surface area contributed by atoms with Gasteiger partial charge in [-0.2, -0.15) is 5.10 Å². The highest BCUT2D eigenvalue weighted by Crippen LogP contribution is 2.32. The van der Waals surface area contributed by atoms with Crippen molar-refractivity contribution in [3.8, 4) is 5.88 Å². The maximum atomic E-state index is 12.5. The highest BCUT2D eigenvalue weighted by molar-refractivity contribution is 9.10. The molecule has 184 valence electrons. The van der Waals surface area contributed by atoms with Gasteiger partial charge in [0.2, 0.25) is 5.88 Å². The molecule has 1 aliphatic rings. The minimum atomic E-state index is -0.577. The van der Waals surface area contributed by atoms with Crippen LogP contribution >= 0.6 is 27.5 Å². The summed E-state index contributed by atoms with van der Waals surface area (Å²) in [5.41, 5.74) is 1.52. The fourth-order valence-electron chi connectivity index (χ4n) is 4.03. The number of carbonyl (C=O) groups is 2. The fraction of sp³-hybridized carbons (Fsp3) is 0.333. The summed E-state index contributed by atoms with van der Waals surface area (Å²) in [5, 5.41) is 10.0. The molecule has 2 N–H and O–H groups in total. The van der Waals surface area contributed by atoms with E-state index >= 15 is 0 Å². The lowest BCUT2D eigenvalue weighted by molar-refractivity contribution is 0.102. The van der Waals surface area contributed by atoms with E-state index in [1.165, 1.54) is 10.4 Å². The van der Waals surface area contributed by atoms with Crippen LogP contribution in [-0.4, -0.2) is 46.4 Å². The molecule has 3 heterocycles. The second-order valence-corrected chi connectivity index (χ2v) is 9.47. The lowest BCUT2D eigenvalue weighted by Gasteiger charge is -2.33. The first-order chi connectivity index (χ1) is 16.9. The number of hydrogen-bond donors (Lipinski definition) is 2. The first-order valence-electron chi connectivity index (χ1n) is 11.3. The van der Waals surface area contributed by atoms with Crippen molar-refractivity contribution in [1.82, 2.24) is 20.1 Å². The standard InChI is InChI=1S/C24H26BrClN6O3/c1-31-23(20(25)21(30-31)29-22(33)18-4-2-3-5-19(18)26)35-24(34)28-13-6-16-9-14-32(15-10-16)17-7-11-27-12-8-17/h2-5,7-8,11-12,16H,6,9-10,13-15H2,1H3,(H,28,34)(H,29,30,33). The Labute approximate surface area is 216 Å². The number of rotatable bonds is 7. The van der Waals surface area contributed by atoms with E-state index in [2.05, 4.69) is 41.5 Å². The Morgan fingerprint density at radius 1 is 1.17 bits per heavy atom. The molecule has 0 saturated carbocycles. The predicted octanol–water partition coefficient (Wildman–Crippen LogP) is 4.88. The summed E-state index contributed by atoms with van der Waals surface area (Å²) in [6.07, 6.45) is 6.07. The highest BCUT2D eigenvalue weighted by Gasteiger charge is 2.22. The molecule has 0 aliphatic carbocycles. The second-order valence-electron chi connectivity index (χ2n) is 8.27. The molecule has 0 spiro atoms. The van der Waals surface area contributed by atoms with Crippen LogP contribution in [-0.2, 0) is 7.05 Å². The van der Waals surface area contributed by atoms with Crippen molar-refractivity contribution in [2.75, 3.05) is 29.9 Å². The molecule has 1 aromatic carbocycles. The quantitative estimate of drug-likeness (QED) is 0.426. The Morgan fingerprint density at radius 3 is 2.60 bits per heavy atom. The van der Waals surface area contributed by atoms with Crippen molar-refractivity contribution in [2.24, 2.45) is 13.0 Å². The van der Waals surface area contributed by atoms with E-state index in [1.807, 2.05) is 24.5 Å². The minimum absolute atomic E-state index is 0.183. The number of hydrogen-bond acceptors (Lipinski definition) is 6. The van der Waals surface area contributed by atoms with Crippen LogP contribution < -0.4 is 20.3 Å². The van der Waals surface area contributed by atoms with Crippen LogP contribution in [0.2, 0.25) is 5.02 Å². The van der Waals surface area contributed by atoms with E-state index in [9.17, 15) is 9.59 Å². The van der Waals surface area contributed by atoms with Gasteiger partial charge < -0.3 is 20.3 Å². The molecular weight excluding hydrogens is 536 g/mol. The number of anilines is 2. The van der Waals surface area contributed by atoms with Crippen LogP contribution in [0.25, 0.3) is 0 Å². The van der Waals surface area contributed by atoms with Gasteiger partial charge in [-0.3, -0.25) is 9.78 Å². The summed E-state index contributed by atoms with van der Waals surface area (Å²) >= 11 is 9.45. The molecule has 3 aromatic rings. The molecule has 0 atom stereocenters. The molecule has 0 unspecified atom stereocenters. The lowest BCUT2D eigenvalue weighted by Crippen LogP contribution is -2.35. The first-order valence-corrected chi connectivity index (χ1v) is 12.5. The van der Waals surface area contributed by atoms with Gasteiger partial charge in [0.05, 0.1) is 10.6 Å². The summed E-state index contributed by atoms with van der Waals surface area (Å²) in [7, 11) is 1.62. The zero-order chi connectivity index (χ0) is 24.8. The first kappa shape index (κ1) is 25.0. The third kappa shape index (κ3) is 6.32. The van der Waals surface area contributed by atoms with Gasteiger partial charge >= 0.3 is 6.09 Å². The smallest absolute Gasteiger partial charge is 0.390 e. The molecule has 9 nitrogen and oxygen atoms in total. The van der Waals surface area contributed by atoms with Gasteiger partial charge in [-0.05, 0) is 65.4 Å². The molecule has 4 rings (SSSR count). The van der Waals surface area contributed by atoms with Crippen molar-refractivity contribution >= 4 is 51.0 Å². The number of ether oxygens (including phenoxy) is 1. The van der Waals surface area contributed by atoms with Crippen molar-refractivity contribution in [3.05, 3.63) is 63.9 Å². The van der Waals surface area contributed by atoms with Crippen LogP contribution in [0.5, 0.6) is 5.88 Å². The van der Waals surface area contributed by atoms with Crippen molar-refractivity contribution < 1.29 is 14.3 Å². The van der Waals surface area contributed by atoms with Crippen molar-refractivity contribution in [1.29, 1.82) is 0 Å². The van der Waals surface area contributed by atoms with Gasteiger partial charge in [-0.15, -0.1) is 0 Å². The molecular formula is C24H26BrClN6O3. The number of carbonyl (C=O) groups excluding carboxylic acids is 2. The number of nitrogens with zero attached hydrogens (tertiary/aromatic N) is 4. The lowest BCUT2D eigenvalue weighted by atomic mass is 9.93. The number of halogens is 2. The number of aromatic nitrogens is 3. The van der Waals surface area contributed by atoms with E-state index in [-0.39, 0.29) is 11.7 Å². The molecule has 1 fully saturated rings. The van der Waals surface area contributed by atoms with E-state index in [0.717, 1.165) is 32.4 Å². The molecule has 2 amide bonds. The van der Waals surface area contributed by atoms with Crippen molar-refractivity contribution in [2.45, 2.75) is 19.3 Å². The Bertz CT molecular complexity index is 1180. The Kier molecular flexibility index (Phi) is 8.25. The molecule has 2 aromatic heterocycles. The van der Waals surface area contributed by atoms with Gasteiger partial charge in [0.15, 0.2) is 5.82 Å². The molecule has 0 bridgehead atoms. The van der Waals surface area contributed by atoms with Crippen LogP contribution in [0.15, 0.2) is 53.3 Å². The largest absolute Gasteiger partial charge is 0.413 e. The Balaban J connectivity index is 1.24. The van der Waals surface area contributed by atoms with Gasteiger partial charge in [0.1, 0.15) is 4.47 Å². The summed E-state index contributed by atoms with van der Waals surface area (Å²) < 4.78 is 7.18. The van der Waals surface area contributed by atoms with E-state index in [1.54, 1.807) is 31.3 Å². The molecule has 11 heteroatoms. The zero-order valence-electron chi connectivity index (χ0n) is 19.2. The predicted molar refractivity (Wildman–Crippen MR) is 138 cm³/mol. The van der Waals surface area contributed by atoms with Gasteiger partial charge in [-0.1, -0.05) is 23.7 Å². The Hall–Kier alpha value is -3.11. The summed E-state index contributed by atoms with van der Waals surface area (Å²) in [5.74, 6) is 0.535. The maximum absolute atomic E-state index is 12.5. The molecule has 1 saturated heterocycles. The van der Waals surface area contributed by atoms with Crippen LogP contribution in [0.4, 0.5) is 16.3 Å². The average molecular weight is 562 g/mol. The van der Waals surface area contributed by atoms with Gasteiger partial charge in [0.25, 0.3) is 5.91 Å². The number of piperidine rings is 1. The van der Waals surface area contributed by atoms with E-state index < -0.39 is 12.0 Å². The average Bonchev–Trinajstić information content (AvgIpc) is 3.12. The number of nitrogens with one attached hydrogen (secondary N) is 2. The molecule has 35 heavy (non-hydrogen) atoms. The van der Waals surface area contributed by atoms with Crippen LogP contribution in [0.1, 0.15) is 29.6 Å². The zero-order valence-corrected chi connectivity index (χ0v) is 21.6. The Morgan fingerprint density at radius 2 is 1.89 bits per heavy atom. The monoisotopic (exact) mass is 560 g/mol. The topological polar surface area (TPSA) is 101 Å². The summed E-state index contributed by atoms with van der Waals surface area (Å²) in [4.78, 5) is 31.3. The van der Waals surface area contributed by atoms with E-state index in [4.69, 9.17) is 16.3 Å². The van der Waals surface area contributed by atoms with Crippen LogP contribution in [0.3, 0.4) is 0 Å². The third-order valence-electron chi connectivity index (χ3n) is 5.94.